The van der Waals surface area contributed by atoms with Crippen molar-refractivity contribution in [1.29, 1.82) is 0 Å². The predicted octanol–water partition coefficient (Wildman–Crippen LogP) is 3.67. The zero-order chi connectivity index (χ0) is 19.8. The first-order valence-electron chi connectivity index (χ1n) is 9.10. The molecule has 1 atom stereocenters. The van der Waals surface area contributed by atoms with Crippen LogP contribution in [0.1, 0.15) is 24.8 Å². The number of anilines is 1. The van der Waals surface area contributed by atoms with E-state index in [1.54, 1.807) is 17.0 Å². The number of carbonyl (C=O) groups is 2. The average molecular weight is 450 g/mol. The Balaban J connectivity index is 1.65. The summed E-state index contributed by atoms with van der Waals surface area (Å²) >= 11 is 3.15. The molecule has 0 radical (unpaired) electrons. The lowest BCUT2D eigenvalue weighted by Gasteiger charge is -2.45. The summed E-state index contributed by atoms with van der Waals surface area (Å²) in [5.41, 5.74) is 0.744. The van der Waals surface area contributed by atoms with Crippen LogP contribution in [0.2, 0.25) is 0 Å². The van der Waals surface area contributed by atoms with Gasteiger partial charge in [-0.05, 0) is 58.5 Å². The first-order valence-corrected chi connectivity index (χ1v) is 9.89. The molecule has 2 fully saturated rings. The van der Waals surface area contributed by atoms with Crippen LogP contribution in [-0.4, -0.2) is 34.3 Å². The van der Waals surface area contributed by atoms with Crippen molar-refractivity contribution in [3.05, 3.63) is 58.2 Å². The van der Waals surface area contributed by atoms with E-state index in [9.17, 15) is 18.4 Å². The third kappa shape index (κ3) is 3.53. The van der Waals surface area contributed by atoms with E-state index >= 15 is 0 Å². The van der Waals surface area contributed by atoms with Gasteiger partial charge in [-0.1, -0.05) is 18.6 Å². The molecule has 28 heavy (non-hydrogen) atoms. The van der Waals surface area contributed by atoms with Crippen LogP contribution < -0.4 is 4.90 Å². The van der Waals surface area contributed by atoms with Gasteiger partial charge in [0.05, 0.1) is 0 Å². The van der Waals surface area contributed by atoms with E-state index in [2.05, 4.69) is 20.9 Å². The molecule has 2 amide bonds. The highest BCUT2D eigenvalue weighted by Gasteiger charge is 2.46. The Bertz CT molecular complexity index is 918. The molecule has 0 N–H and O–H groups in total. The lowest BCUT2D eigenvalue weighted by molar-refractivity contribution is -0.147. The van der Waals surface area contributed by atoms with Gasteiger partial charge in [0, 0.05) is 17.2 Å². The molecule has 1 aliphatic heterocycles. The van der Waals surface area contributed by atoms with Gasteiger partial charge in [-0.2, -0.15) is 0 Å². The summed E-state index contributed by atoms with van der Waals surface area (Å²) in [6, 6.07) is 6.43. The fourth-order valence-electron chi connectivity index (χ4n) is 3.72. The van der Waals surface area contributed by atoms with Crippen molar-refractivity contribution in [2.75, 3.05) is 11.4 Å². The minimum absolute atomic E-state index is 0.0400. The fraction of sp³-hybridized carbons (Fsp3) is 0.350. The molecule has 5 nitrogen and oxygen atoms in total. The molecule has 1 saturated heterocycles. The summed E-state index contributed by atoms with van der Waals surface area (Å²) in [6.07, 6.45) is 4.08. The molecule has 1 saturated carbocycles. The van der Waals surface area contributed by atoms with E-state index in [1.165, 1.54) is 24.4 Å². The minimum atomic E-state index is -0.662. The van der Waals surface area contributed by atoms with Crippen LogP contribution in [0.25, 0.3) is 0 Å². The molecular formula is C20H18BrF2N3O2. The van der Waals surface area contributed by atoms with Crippen LogP contribution in [0.5, 0.6) is 0 Å². The second-order valence-electron chi connectivity index (χ2n) is 7.17. The van der Waals surface area contributed by atoms with Gasteiger partial charge in [-0.15, -0.1) is 0 Å². The zero-order valence-electron chi connectivity index (χ0n) is 14.9. The smallest absolute Gasteiger partial charge is 0.251 e. The first kappa shape index (κ1) is 19.0. The van der Waals surface area contributed by atoms with Crippen molar-refractivity contribution in [1.82, 2.24) is 9.88 Å². The topological polar surface area (TPSA) is 53.5 Å². The van der Waals surface area contributed by atoms with Gasteiger partial charge in [0.25, 0.3) is 5.91 Å². The number of hydrogen-bond donors (Lipinski definition) is 0. The van der Waals surface area contributed by atoms with Crippen LogP contribution in [0.4, 0.5) is 14.6 Å². The second kappa shape index (κ2) is 7.58. The molecule has 1 aromatic carbocycles. The highest BCUT2D eigenvalue weighted by atomic mass is 79.9. The van der Waals surface area contributed by atoms with Crippen molar-refractivity contribution >= 4 is 33.6 Å². The molecule has 8 heteroatoms. The average Bonchev–Trinajstić information content (AvgIpc) is 2.61. The number of hydrogen-bond acceptors (Lipinski definition) is 3. The molecule has 2 aromatic rings. The lowest BCUT2D eigenvalue weighted by atomic mass is 9.77. The molecule has 0 bridgehead atoms. The number of aromatic nitrogens is 1. The molecule has 1 unspecified atom stereocenters. The van der Waals surface area contributed by atoms with E-state index in [0.29, 0.717) is 4.47 Å². The van der Waals surface area contributed by atoms with Gasteiger partial charge in [0.15, 0.2) is 11.6 Å². The number of benzene rings is 1. The number of rotatable bonds is 4. The molecule has 4 rings (SSSR count). The molecule has 0 spiro atoms. The van der Waals surface area contributed by atoms with Crippen molar-refractivity contribution in [2.24, 2.45) is 5.92 Å². The standard InChI is InChI=1S/C20H18BrF2N3O2/c21-14-8-16(23)19(24-9-14)26-11-17(27)25(10-12-4-6-15(22)7-5-12)18(20(26)28)13-2-1-3-13/h4-9,13,18H,1-3,10-11H2. The van der Waals surface area contributed by atoms with Crippen LogP contribution in [-0.2, 0) is 16.1 Å². The Morgan fingerprint density at radius 2 is 1.86 bits per heavy atom. The van der Waals surface area contributed by atoms with Gasteiger partial charge in [0.2, 0.25) is 5.91 Å². The molecule has 1 aromatic heterocycles. The van der Waals surface area contributed by atoms with E-state index in [1.807, 2.05) is 0 Å². The van der Waals surface area contributed by atoms with E-state index in [-0.39, 0.29) is 42.5 Å². The summed E-state index contributed by atoms with van der Waals surface area (Å²) in [7, 11) is 0. The number of carbonyl (C=O) groups excluding carboxylic acids is 2. The molecular weight excluding hydrogens is 432 g/mol. The van der Waals surface area contributed by atoms with Crippen molar-refractivity contribution in [3.8, 4) is 0 Å². The maximum absolute atomic E-state index is 14.4. The third-order valence-electron chi connectivity index (χ3n) is 5.38. The van der Waals surface area contributed by atoms with Gasteiger partial charge < -0.3 is 4.90 Å². The molecule has 2 heterocycles. The van der Waals surface area contributed by atoms with Crippen LogP contribution in [0.15, 0.2) is 41.0 Å². The fourth-order valence-corrected chi connectivity index (χ4v) is 4.03. The van der Waals surface area contributed by atoms with E-state index in [4.69, 9.17) is 0 Å². The van der Waals surface area contributed by atoms with E-state index in [0.717, 1.165) is 29.7 Å². The Morgan fingerprint density at radius 3 is 2.46 bits per heavy atom. The monoisotopic (exact) mass is 449 g/mol. The minimum Gasteiger partial charge on any atom is -0.324 e. The summed E-state index contributed by atoms with van der Waals surface area (Å²) in [6.45, 7) is -0.0507. The Morgan fingerprint density at radius 1 is 1.14 bits per heavy atom. The second-order valence-corrected chi connectivity index (χ2v) is 8.08. The predicted molar refractivity (Wildman–Crippen MR) is 102 cm³/mol. The van der Waals surface area contributed by atoms with Crippen LogP contribution in [0.3, 0.4) is 0 Å². The highest BCUT2D eigenvalue weighted by Crippen LogP contribution is 2.36. The van der Waals surface area contributed by atoms with Crippen LogP contribution >= 0.6 is 15.9 Å². The summed E-state index contributed by atoms with van der Waals surface area (Å²) in [4.78, 5) is 32.9. The number of nitrogens with zero attached hydrogens (tertiary/aromatic N) is 3. The third-order valence-corrected chi connectivity index (χ3v) is 5.81. The molecule has 146 valence electrons. The van der Waals surface area contributed by atoms with Crippen molar-refractivity contribution in [2.45, 2.75) is 31.8 Å². The normalized spacial score (nSPS) is 20.5. The number of halogens is 3. The SMILES string of the molecule is O=C1C(C2CCC2)N(Cc2ccc(F)cc2)C(=O)CN1c1ncc(Br)cc1F. The largest absolute Gasteiger partial charge is 0.324 e. The Hall–Kier alpha value is -2.35. The first-order chi connectivity index (χ1) is 13.4. The summed E-state index contributed by atoms with van der Waals surface area (Å²) < 4.78 is 28.0. The van der Waals surface area contributed by atoms with Crippen molar-refractivity contribution < 1.29 is 18.4 Å². The highest BCUT2D eigenvalue weighted by molar-refractivity contribution is 9.10. The van der Waals surface area contributed by atoms with Crippen molar-refractivity contribution in [3.63, 3.8) is 0 Å². The van der Waals surface area contributed by atoms with Gasteiger partial charge in [-0.3, -0.25) is 14.5 Å². The van der Waals surface area contributed by atoms with Crippen LogP contribution in [0, 0.1) is 17.6 Å². The Kier molecular flexibility index (Phi) is 5.14. The number of piperazine rings is 1. The molecule has 2 aliphatic rings. The maximum Gasteiger partial charge on any atom is 0.251 e. The van der Waals surface area contributed by atoms with E-state index < -0.39 is 11.9 Å². The number of amides is 2. The summed E-state index contributed by atoms with van der Waals surface area (Å²) in [5, 5.41) is 0. The maximum atomic E-state index is 14.4. The summed E-state index contributed by atoms with van der Waals surface area (Å²) in [5.74, 6) is -1.70. The zero-order valence-corrected chi connectivity index (χ0v) is 16.5. The van der Waals surface area contributed by atoms with Gasteiger partial charge in [0.1, 0.15) is 18.4 Å². The number of pyridine rings is 1. The van der Waals surface area contributed by atoms with Gasteiger partial charge >= 0.3 is 0 Å². The lowest BCUT2D eigenvalue weighted by Crippen LogP contribution is -2.63. The van der Waals surface area contributed by atoms with Gasteiger partial charge in [-0.25, -0.2) is 13.8 Å². The molecule has 1 aliphatic carbocycles. The quantitative estimate of drug-likeness (QED) is 0.715. The Labute approximate surface area is 169 Å².